The van der Waals surface area contributed by atoms with Gasteiger partial charge in [0.1, 0.15) is 12.4 Å². The number of esters is 1. The third-order valence-electron chi connectivity index (χ3n) is 7.82. The summed E-state index contributed by atoms with van der Waals surface area (Å²) in [5.41, 5.74) is -1.05. The normalized spacial score (nSPS) is 15.6. The number of hydrogen-bond donors (Lipinski definition) is 0. The molecule has 2 atom stereocenters. The average Bonchev–Trinajstić information content (AvgIpc) is 2.88. The van der Waals surface area contributed by atoms with Crippen LogP contribution in [0.5, 0.6) is 0 Å². The molecule has 1 heterocycles. The summed E-state index contributed by atoms with van der Waals surface area (Å²) in [5, 5.41) is 0. The fourth-order valence-corrected chi connectivity index (χ4v) is 9.75. The Bertz CT molecular complexity index is 1180. The maximum atomic E-state index is 14.7. The number of alkyl halides is 9. The lowest BCUT2D eigenvalue weighted by Gasteiger charge is -2.44. The van der Waals surface area contributed by atoms with Gasteiger partial charge in [-0.05, 0) is 54.3 Å². The molecule has 0 saturated heterocycles. The Morgan fingerprint density at radius 3 is 1.91 bits per heavy atom. The van der Waals surface area contributed by atoms with Gasteiger partial charge in [0.2, 0.25) is 0 Å². The van der Waals surface area contributed by atoms with Gasteiger partial charge in [-0.1, -0.05) is 48.0 Å². The van der Waals surface area contributed by atoms with Crippen LogP contribution in [0.25, 0.3) is 0 Å². The van der Waals surface area contributed by atoms with E-state index in [-0.39, 0.29) is 12.4 Å². The van der Waals surface area contributed by atoms with Crippen LogP contribution in [-0.2, 0) is 20.4 Å². The third kappa shape index (κ3) is 8.70. The molecule has 0 fully saturated rings. The zero-order valence-electron chi connectivity index (χ0n) is 26.0. The van der Waals surface area contributed by atoms with E-state index in [1.165, 1.54) is 19.1 Å². The second-order valence-electron chi connectivity index (χ2n) is 11.6. The summed E-state index contributed by atoms with van der Waals surface area (Å²) in [6.07, 6.45) is -7.43. The predicted octanol–water partition coefficient (Wildman–Crippen LogP) is 9.21. The number of carbonyl (C=O) groups excluding carboxylic acids is 1. The van der Waals surface area contributed by atoms with Crippen molar-refractivity contribution >= 4 is 14.3 Å². The minimum atomic E-state index is -6.99. The number of aryl methyl sites for hydroxylation is 1. The minimum absolute atomic E-state index is 0.136. The molecular formula is C29H41F9O5Si. The van der Waals surface area contributed by atoms with Crippen molar-refractivity contribution in [2.75, 3.05) is 6.61 Å². The van der Waals surface area contributed by atoms with Crippen molar-refractivity contribution in [3.8, 4) is 0 Å². The highest BCUT2D eigenvalue weighted by Gasteiger charge is 2.81. The van der Waals surface area contributed by atoms with E-state index in [0.717, 1.165) is 0 Å². The molecule has 0 unspecified atom stereocenters. The fourth-order valence-electron chi connectivity index (χ4n) is 5.03. The van der Waals surface area contributed by atoms with Crippen LogP contribution in [0.3, 0.4) is 0 Å². The van der Waals surface area contributed by atoms with Gasteiger partial charge in [-0.3, -0.25) is 4.79 Å². The molecule has 5 nitrogen and oxygen atoms in total. The lowest BCUT2D eigenvalue weighted by Crippen LogP contribution is -2.61. The van der Waals surface area contributed by atoms with Crippen LogP contribution < -0.4 is 5.63 Å². The summed E-state index contributed by atoms with van der Waals surface area (Å²) in [7, 11) is -3.77. The maximum Gasteiger partial charge on any atom is 0.460 e. The van der Waals surface area contributed by atoms with Gasteiger partial charge in [-0.25, -0.2) is 4.79 Å². The molecule has 0 N–H and O–H groups in total. The van der Waals surface area contributed by atoms with E-state index in [0.29, 0.717) is 24.0 Å². The molecule has 254 valence electrons. The monoisotopic (exact) mass is 668 g/mol. The van der Waals surface area contributed by atoms with E-state index in [1.807, 2.05) is 6.92 Å². The van der Waals surface area contributed by atoms with Crippen molar-refractivity contribution < 1.29 is 57.9 Å². The Balaban J connectivity index is 3.67. The van der Waals surface area contributed by atoms with Crippen LogP contribution in [0.1, 0.15) is 85.5 Å². The highest BCUT2D eigenvalue weighted by atomic mass is 28.4. The van der Waals surface area contributed by atoms with E-state index in [4.69, 9.17) is 13.6 Å². The molecule has 0 saturated carbocycles. The summed E-state index contributed by atoms with van der Waals surface area (Å²) < 4.78 is 140. The van der Waals surface area contributed by atoms with Gasteiger partial charge in [-0.2, -0.15) is 39.5 Å². The molecule has 0 spiro atoms. The molecule has 1 aromatic rings. The van der Waals surface area contributed by atoms with Crippen molar-refractivity contribution in [3.05, 3.63) is 45.5 Å². The van der Waals surface area contributed by atoms with Crippen molar-refractivity contribution in [1.82, 2.24) is 0 Å². The van der Waals surface area contributed by atoms with Gasteiger partial charge < -0.3 is 13.6 Å². The Kier molecular flexibility index (Phi) is 13.4. The van der Waals surface area contributed by atoms with E-state index in [2.05, 4.69) is 0 Å². The molecular weight excluding hydrogens is 627 g/mol. The average molecular weight is 669 g/mol. The Morgan fingerprint density at radius 1 is 0.932 bits per heavy atom. The van der Waals surface area contributed by atoms with Crippen LogP contribution in [0.15, 0.2) is 33.0 Å². The lowest BCUT2D eigenvalue weighted by molar-refractivity contribution is -0.396. The molecule has 44 heavy (non-hydrogen) atoms. The number of ether oxygens (including phenoxy) is 1. The molecule has 0 aliphatic rings. The van der Waals surface area contributed by atoms with Crippen molar-refractivity contribution in [1.29, 1.82) is 0 Å². The summed E-state index contributed by atoms with van der Waals surface area (Å²) in [5.74, 6) is -20.7. The van der Waals surface area contributed by atoms with Gasteiger partial charge in [0.25, 0.3) is 0 Å². The molecule has 0 radical (unpaired) electrons. The van der Waals surface area contributed by atoms with E-state index in [9.17, 15) is 49.1 Å². The zero-order chi connectivity index (χ0) is 34.5. The molecule has 0 bridgehead atoms. The van der Waals surface area contributed by atoms with Crippen LogP contribution in [0.2, 0.25) is 17.1 Å². The smallest absolute Gasteiger partial charge is 0.460 e. The lowest BCUT2D eigenvalue weighted by atomic mass is 9.95. The summed E-state index contributed by atoms with van der Waals surface area (Å²) >= 11 is 0. The SMILES string of the molecule is CCCc1ccc([C@@H](C)[C@@H](O[Si](CCC(F)(F)C(F)(F)C(F)(F)C(F)(F)F)(C(C)C)C(C)C)/C(C)=C/COC(C)=O)oc1=O. The maximum absolute atomic E-state index is 14.7. The molecule has 1 aromatic heterocycles. The highest BCUT2D eigenvalue weighted by Crippen LogP contribution is 2.55. The first kappa shape index (κ1) is 39.7. The van der Waals surface area contributed by atoms with E-state index >= 15 is 0 Å². The first-order chi connectivity index (χ1) is 19.9. The quantitative estimate of drug-likeness (QED) is 0.0761. The molecule has 15 heteroatoms. The van der Waals surface area contributed by atoms with Gasteiger partial charge >= 0.3 is 35.5 Å². The summed E-state index contributed by atoms with van der Waals surface area (Å²) in [4.78, 5) is 23.9. The molecule has 0 aliphatic heterocycles. The first-order valence-electron chi connectivity index (χ1n) is 14.2. The van der Waals surface area contributed by atoms with Gasteiger partial charge in [0, 0.05) is 24.8 Å². The largest absolute Gasteiger partial charge is 0.462 e. The minimum Gasteiger partial charge on any atom is -0.462 e. The first-order valence-corrected chi connectivity index (χ1v) is 16.5. The standard InChI is InChI=1S/C29H41F9O5Si/c1-9-10-22-11-12-23(42-25(22)40)20(7)24(19(6)13-15-41-21(8)39)43-44(17(2)3,18(4)5)16-14-26(30,31)27(32,33)28(34,35)29(36,37)38/h11-13,17-18,20,24H,9-10,14-16H2,1-8H3/b19-13+/t20-,24+/m1/s1. The summed E-state index contributed by atoms with van der Waals surface area (Å²) in [6.45, 7) is 12.2. The number of halogens is 9. The van der Waals surface area contributed by atoms with E-state index < -0.39 is 79.4 Å². The second-order valence-corrected chi connectivity index (χ2v) is 16.5. The number of rotatable bonds is 16. The highest BCUT2D eigenvalue weighted by molar-refractivity contribution is 6.76. The number of hydrogen-bond acceptors (Lipinski definition) is 5. The van der Waals surface area contributed by atoms with Crippen LogP contribution in [0.4, 0.5) is 39.5 Å². The van der Waals surface area contributed by atoms with E-state index in [1.54, 1.807) is 47.6 Å². The van der Waals surface area contributed by atoms with Crippen molar-refractivity contribution in [2.45, 2.75) is 128 Å². The zero-order valence-corrected chi connectivity index (χ0v) is 27.0. The fraction of sp³-hybridized carbons (Fsp3) is 0.724. The van der Waals surface area contributed by atoms with Gasteiger partial charge in [-0.15, -0.1) is 0 Å². The summed E-state index contributed by atoms with van der Waals surface area (Å²) in [6, 6.07) is 2.20. The Hall–Kier alpha value is -2.29. The van der Waals surface area contributed by atoms with Crippen LogP contribution in [0, 0.1) is 0 Å². The molecule has 0 aromatic carbocycles. The van der Waals surface area contributed by atoms with Crippen molar-refractivity contribution in [3.63, 3.8) is 0 Å². The van der Waals surface area contributed by atoms with Crippen LogP contribution >= 0.6 is 0 Å². The van der Waals surface area contributed by atoms with Gasteiger partial charge in [0.15, 0.2) is 8.32 Å². The predicted molar refractivity (Wildman–Crippen MR) is 149 cm³/mol. The molecule has 0 aliphatic carbocycles. The topological polar surface area (TPSA) is 65.7 Å². The molecule has 1 rings (SSSR count). The second kappa shape index (κ2) is 14.9. The Morgan fingerprint density at radius 2 is 1.48 bits per heavy atom. The number of carbonyl (C=O) groups is 1. The Labute approximate surface area is 252 Å². The van der Waals surface area contributed by atoms with Crippen molar-refractivity contribution in [2.24, 2.45) is 0 Å². The van der Waals surface area contributed by atoms with Crippen LogP contribution in [-0.4, -0.2) is 50.9 Å². The molecule has 0 amide bonds. The van der Waals surface area contributed by atoms with Gasteiger partial charge in [0.05, 0.1) is 6.10 Å². The third-order valence-corrected chi connectivity index (χ3v) is 13.5.